The van der Waals surface area contributed by atoms with Crippen molar-refractivity contribution in [3.8, 4) is 0 Å². The average molecular weight is 311 g/mol. The third-order valence-corrected chi connectivity index (χ3v) is 5.97. The van der Waals surface area contributed by atoms with Crippen molar-refractivity contribution >= 4 is 46.7 Å². The number of nitrogens with zero attached hydrogens (tertiary/aromatic N) is 1. The maximum atomic E-state index is 11.8. The van der Waals surface area contributed by atoms with Crippen LogP contribution in [0.15, 0.2) is 0 Å². The molecule has 1 saturated heterocycles. The molecule has 1 unspecified atom stereocenters. The number of amides is 1. The number of hydrogen-bond donors (Lipinski definition) is 1. The van der Waals surface area contributed by atoms with Gasteiger partial charge in [-0.1, -0.05) is 0 Å². The Labute approximate surface area is 144 Å². The van der Waals surface area contributed by atoms with Crippen LogP contribution in [0.25, 0.3) is 0 Å². The quantitative estimate of drug-likeness (QED) is 0.617. The van der Waals surface area contributed by atoms with Crippen LogP contribution in [0.4, 0.5) is 4.79 Å². The number of rotatable bonds is 2. The van der Waals surface area contributed by atoms with Crippen LogP contribution in [0, 0.1) is 11.3 Å². The number of likely N-dealkylation sites (tertiary alicyclic amines) is 1. The predicted molar refractivity (Wildman–Crippen MR) is 78.2 cm³/mol. The molecule has 7 heteroatoms. The fraction of sp³-hybridized carbons (Fsp3) is 0.923. The van der Waals surface area contributed by atoms with Gasteiger partial charge in [-0.2, -0.15) is 0 Å². The molecule has 0 spiro atoms. The van der Waals surface area contributed by atoms with Crippen molar-refractivity contribution in [1.82, 2.24) is 4.90 Å². The Balaban J connectivity index is 0.00000147. The van der Waals surface area contributed by atoms with E-state index in [9.17, 15) is 13.6 Å². The number of ether oxygens (including phenoxy) is 1. The van der Waals surface area contributed by atoms with Gasteiger partial charge in [-0.25, -0.2) is 9.00 Å². The van der Waals surface area contributed by atoms with Crippen molar-refractivity contribution in [3.05, 3.63) is 0 Å². The first-order valence-electron chi connectivity index (χ1n) is 6.75. The Hall–Kier alpha value is 0.380. The molecule has 0 aromatic heterocycles. The molecule has 2 bridgehead atoms. The van der Waals surface area contributed by atoms with Crippen LogP contribution >= 0.6 is 0 Å². The van der Waals surface area contributed by atoms with Gasteiger partial charge in [0.25, 0.3) is 0 Å². The SMILES string of the molecule is CC(C)(C)OC(=O)N1CC(C23CC(S(=O)O)(C2)C3)C1.[NaH]. The molecule has 1 atom stereocenters. The number of carbonyl (C=O) groups is 1. The van der Waals surface area contributed by atoms with Gasteiger partial charge in [0, 0.05) is 19.0 Å². The van der Waals surface area contributed by atoms with E-state index in [2.05, 4.69) is 0 Å². The molecule has 1 aliphatic heterocycles. The van der Waals surface area contributed by atoms with E-state index in [-0.39, 0.29) is 45.8 Å². The fourth-order valence-corrected chi connectivity index (χ4v) is 4.96. The minimum atomic E-state index is -1.68. The molecule has 0 aromatic rings. The molecular weight excluding hydrogens is 289 g/mol. The summed E-state index contributed by atoms with van der Waals surface area (Å²) < 4.78 is 25.4. The van der Waals surface area contributed by atoms with Gasteiger partial charge in [0.15, 0.2) is 11.1 Å². The molecule has 3 aliphatic carbocycles. The first kappa shape index (κ1) is 16.7. The van der Waals surface area contributed by atoms with Crippen LogP contribution in [-0.2, 0) is 15.8 Å². The Morgan fingerprint density at radius 3 is 2.20 bits per heavy atom. The van der Waals surface area contributed by atoms with E-state index in [0.29, 0.717) is 5.92 Å². The van der Waals surface area contributed by atoms with E-state index >= 15 is 0 Å². The summed E-state index contributed by atoms with van der Waals surface area (Å²) in [6.45, 7) is 7.07. The second kappa shape index (κ2) is 4.95. The van der Waals surface area contributed by atoms with Crippen LogP contribution < -0.4 is 0 Å². The Morgan fingerprint density at radius 1 is 1.30 bits per heavy atom. The first-order chi connectivity index (χ1) is 8.66. The van der Waals surface area contributed by atoms with E-state index in [1.807, 2.05) is 20.8 Å². The van der Waals surface area contributed by atoms with E-state index in [1.165, 1.54) is 0 Å². The van der Waals surface area contributed by atoms with Gasteiger partial charge in [-0.05, 0) is 45.4 Å². The van der Waals surface area contributed by atoms with E-state index in [0.717, 1.165) is 32.4 Å². The van der Waals surface area contributed by atoms with Crippen molar-refractivity contribution < 1.29 is 18.3 Å². The molecule has 3 saturated carbocycles. The molecule has 110 valence electrons. The Bertz CT molecular complexity index is 436. The second-order valence-corrected chi connectivity index (χ2v) is 8.77. The summed E-state index contributed by atoms with van der Waals surface area (Å²) in [6, 6.07) is 0. The summed E-state index contributed by atoms with van der Waals surface area (Å²) in [5.74, 6) is 0.491. The van der Waals surface area contributed by atoms with Crippen molar-refractivity contribution in [2.45, 2.75) is 50.4 Å². The van der Waals surface area contributed by atoms with Crippen LogP contribution in [0.3, 0.4) is 0 Å². The zero-order chi connectivity index (χ0) is 14.1. The Kier molecular flexibility index (Phi) is 4.14. The summed E-state index contributed by atoms with van der Waals surface area (Å²) >= 11 is -1.68. The van der Waals surface area contributed by atoms with Crippen molar-refractivity contribution in [3.63, 3.8) is 0 Å². The summed E-state index contributed by atoms with van der Waals surface area (Å²) in [5.41, 5.74) is -0.201. The van der Waals surface area contributed by atoms with Gasteiger partial charge in [-0.15, -0.1) is 0 Å². The average Bonchev–Trinajstić information content (AvgIpc) is 1.99. The second-order valence-electron chi connectivity index (χ2n) is 7.41. The van der Waals surface area contributed by atoms with E-state index in [1.54, 1.807) is 4.90 Å². The monoisotopic (exact) mass is 311 g/mol. The first-order valence-corrected chi connectivity index (χ1v) is 7.86. The van der Waals surface area contributed by atoms with Gasteiger partial charge in [0.05, 0.1) is 4.75 Å². The van der Waals surface area contributed by atoms with Crippen LogP contribution in [0.5, 0.6) is 0 Å². The Morgan fingerprint density at radius 2 is 1.80 bits per heavy atom. The third kappa shape index (κ3) is 2.47. The maximum absolute atomic E-state index is 11.8. The molecule has 0 radical (unpaired) electrons. The van der Waals surface area contributed by atoms with Crippen molar-refractivity contribution in [2.24, 2.45) is 11.3 Å². The van der Waals surface area contributed by atoms with Crippen LogP contribution in [0.2, 0.25) is 0 Å². The van der Waals surface area contributed by atoms with Crippen LogP contribution in [0.1, 0.15) is 40.0 Å². The van der Waals surface area contributed by atoms with Crippen molar-refractivity contribution in [1.29, 1.82) is 0 Å². The zero-order valence-electron chi connectivity index (χ0n) is 11.6. The standard InChI is InChI=1S/C13H21NO4S.Na.H/c1-11(2,3)18-10(15)14-4-9(5-14)12-6-13(7-12,8-12)19(16)17;;/h9H,4-8H2,1-3H3,(H,16,17);;. The summed E-state index contributed by atoms with van der Waals surface area (Å²) in [5, 5.41) is 0. The molecule has 5 nitrogen and oxygen atoms in total. The van der Waals surface area contributed by atoms with Gasteiger partial charge >= 0.3 is 35.7 Å². The van der Waals surface area contributed by atoms with Crippen LogP contribution in [-0.4, -0.2) is 72.7 Å². The molecule has 1 N–H and O–H groups in total. The van der Waals surface area contributed by atoms with Gasteiger partial charge in [0.2, 0.25) is 0 Å². The topological polar surface area (TPSA) is 66.8 Å². The predicted octanol–water partition coefficient (Wildman–Crippen LogP) is 1.35. The summed E-state index contributed by atoms with van der Waals surface area (Å²) in [4.78, 5) is 13.6. The van der Waals surface area contributed by atoms with Gasteiger partial charge in [0.1, 0.15) is 5.60 Å². The molecule has 20 heavy (non-hydrogen) atoms. The zero-order valence-corrected chi connectivity index (χ0v) is 12.5. The van der Waals surface area contributed by atoms with Gasteiger partial charge in [-0.3, -0.25) is 0 Å². The van der Waals surface area contributed by atoms with E-state index < -0.39 is 16.7 Å². The molecule has 4 rings (SSSR count). The van der Waals surface area contributed by atoms with E-state index in [4.69, 9.17) is 4.74 Å². The molecule has 1 heterocycles. The van der Waals surface area contributed by atoms with Gasteiger partial charge < -0.3 is 14.2 Å². The molecule has 4 aliphatic rings. The minimum absolute atomic E-state index is 0. The normalized spacial score (nSPS) is 36.9. The summed E-state index contributed by atoms with van der Waals surface area (Å²) in [6.07, 6.45) is 2.33. The number of carbonyl (C=O) groups excluding carboxylic acids is 1. The number of hydrogen-bond acceptors (Lipinski definition) is 3. The summed E-state index contributed by atoms with van der Waals surface area (Å²) in [7, 11) is 0. The van der Waals surface area contributed by atoms with Crippen molar-refractivity contribution in [2.75, 3.05) is 13.1 Å². The molecule has 4 fully saturated rings. The third-order valence-electron chi connectivity index (χ3n) is 4.79. The molecule has 0 aromatic carbocycles. The molecule has 1 amide bonds. The molecular formula is C13H22NNaO4S. The fourth-order valence-electron chi connectivity index (χ4n) is 3.73.